The van der Waals surface area contributed by atoms with Crippen molar-refractivity contribution in [1.82, 2.24) is 10.3 Å². The van der Waals surface area contributed by atoms with E-state index in [0.717, 1.165) is 5.69 Å². The van der Waals surface area contributed by atoms with Crippen molar-refractivity contribution in [3.8, 4) is 17.1 Å². The molecule has 0 aliphatic carbocycles. The minimum absolute atomic E-state index is 0.0270. The summed E-state index contributed by atoms with van der Waals surface area (Å²) >= 11 is 5.77. The first kappa shape index (κ1) is 24.9. The summed E-state index contributed by atoms with van der Waals surface area (Å²) < 4.78 is 11.7. The van der Waals surface area contributed by atoms with Crippen LogP contribution in [0.4, 0.5) is 17.1 Å². The third-order valence-electron chi connectivity index (χ3n) is 6.13. The van der Waals surface area contributed by atoms with E-state index in [1.807, 2.05) is 35.2 Å². The number of hydrogen-bond donors (Lipinski definition) is 2. The summed E-state index contributed by atoms with van der Waals surface area (Å²) in [6.07, 6.45) is 1.71. The Bertz CT molecular complexity index is 1520. The van der Waals surface area contributed by atoms with Gasteiger partial charge in [-0.3, -0.25) is 19.9 Å². The maximum absolute atomic E-state index is 11.8. The van der Waals surface area contributed by atoms with Gasteiger partial charge in [0, 0.05) is 36.5 Å². The van der Waals surface area contributed by atoms with Crippen LogP contribution in [0.3, 0.4) is 0 Å². The highest BCUT2D eigenvalue weighted by molar-refractivity contribution is 7.80. The van der Waals surface area contributed by atoms with Crippen LogP contribution in [0.2, 0.25) is 0 Å². The van der Waals surface area contributed by atoms with E-state index in [4.69, 9.17) is 21.4 Å². The molecule has 2 aromatic heterocycles. The van der Waals surface area contributed by atoms with Crippen molar-refractivity contribution in [3.05, 3.63) is 101 Å². The molecule has 1 aliphatic heterocycles. The van der Waals surface area contributed by atoms with Crippen LogP contribution < -0.4 is 20.3 Å². The lowest BCUT2D eigenvalue weighted by molar-refractivity contribution is -0.384. The van der Waals surface area contributed by atoms with E-state index in [-0.39, 0.29) is 17.6 Å². The minimum atomic E-state index is -0.455. The number of hydrogen-bond acceptors (Lipinski definition) is 7. The molecular formula is C27H23N5O5S. The van der Waals surface area contributed by atoms with Gasteiger partial charge < -0.3 is 24.7 Å². The van der Waals surface area contributed by atoms with Crippen molar-refractivity contribution in [2.24, 2.45) is 0 Å². The number of nitrogens with zero attached hydrogens (tertiary/aromatic N) is 3. The molecule has 1 amide bonds. The van der Waals surface area contributed by atoms with Gasteiger partial charge in [-0.1, -0.05) is 18.2 Å². The topological polar surface area (TPSA) is 123 Å². The molecular weight excluding hydrogens is 506 g/mol. The highest BCUT2D eigenvalue weighted by Crippen LogP contribution is 2.44. The number of ether oxygens (including phenoxy) is 1. The number of nitro benzene ring substituents is 1. The number of anilines is 2. The van der Waals surface area contributed by atoms with Gasteiger partial charge in [0.15, 0.2) is 5.11 Å². The summed E-state index contributed by atoms with van der Waals surface area (Å²) in [7, 11) is 1.53. The first-order valence-corrected chi connectivity index (χ1v) is 12.1. The molecule has 38 heavy (non-hydrogen) atoms. The van der Waals surface area contributed by atoms with Crippen molar-refractivity contribution in [2.75, 3.05) is 17.3 Å². The average molecular weight is 530 g/mol. The number of amides is 1. The minimum Gasteiger partial charge on any atom is -0.495 e. The second-order valence-electron chi connectivity index (χ2n) is 8.57. The number of benzene rings is 2. The van der Waals surface area contributed by atoms with E-state index in [1.165, 1.54) is 26.2 Å². The van der Waals surface area contributed by atoms with E-state index >= 15 is 0 Å². The van der Waals surface area contributed by atoms with Gasteiger partial charge in [-0.25, -0.2) is 0 Å². The molecule has 4 aromatic rings. The van der Waals surface area contributed by atoms with Crippen molar-refractivity contribution >= 4 is 40.3 Å². The highest BCUT2D eigenvalue weighted by Gasteiger charge is 2.42. The lowest BCUT2D eigenvalue weighted by Gasteiger charge is -2.27. The van der Waals surface area contributed by atoms with E-state index in [0.29, 0.717) is 39.3 Å². The van der Waals surface area contributed by atoms with Crippen LogP contribution in [0.25, 0.3) is 11.3 Å². The van der Waals surface area contributed by atoms with Crippen molar-refractivity contribution in [2.45, 2.75) is 19.0 Å². The zero-order valence-electron chi connectivity index (χ0n) is 20.5. The molecule has 10 nitrogen and oxygen atoms in total. The number of methoxy groups -OCH3 is 1. The first-order chi connectivity index (χ1) is 18.4. The van der Waals surface area contributed by atoms with E-state index < -0.39 is 11.0 Å². The summed E-state index contributed by atoms with van der Waals surface area (Å²) in [6.45, 7) is 1.42. The van der Waals surface area contributed by atoms with Crippen molar-refractivity contribution in [3.63, 3.8) is 0 Å². The molecule has 5 rings (SSSR count). The molecule has 0 saturated carbocycles. The number of carbonyl (C=O) groups is 1. The summed E-state index contributed by atoms with van der Waals surface area (Å²) in [4.78, 5) is 29.1. The molecule has 192 valence electrons. The number of thiocarbonyl (C=S) groups is 1. The van der Waals surface area contributed by atoms with E-state index in [9.17, 15) is 14.9 Å². The second-order valence-corrected chi connectivity index (χ2v) is 8.96. The maximum atomic E-state index is 11.8. The molecule has 0 unspecified atom stereocenters. The number of aromatic nitrogens is 1. The van der Waals surface area contributed by atoms with Crippen molar-refractivity contribution < 1.29 is 18.9 Å². The number of pyridine rings is 1. The predicted molar refractivity (Wildman–Crippen MR) is 146 cm³/mol. The van der Waals surface area contributed by atoms with Crippen LogP contribution >= 0.6 is 12.2 Å². The summed E-state index contributed by atoms with van der Waals surface area (Å²) in [5.41, 5.74) is 2.50. The average Bonchev–Trinajstić information content (AvgIpc) is 3.53. The summed E-state index contributed by atoms with van der Waals surface area (Å²) in [5, 5.41) is 17.9. The lowest BCUT2D eigenvalue weighted by Crippen LogP contribution is -2.29. The fraction of sp³-hybridized carbons (Fsp3) is 0.148. The van der Waals surface area contributed by atoms with Crippen LogP contribution in [-0.4, -0.2) is 28.0 Å². The fourth-order valence-electron chi connectivity index (χ4n) is 4.49. The van der Waals surface area contributed by atoms with Gasteiger partial charge in [0.05, 0.1) is 29.5 Å². The number of rotatable bonds is 7. The first-order valence-electron chi connectivity index (χ1n) is 11.7. The van der Waals surface area contributed by atoms with Crippen molar-refractivity contribution in [1.29, 1.82) is 0 Å². The monoisotopic (exact) mass is 529 g/mol. The molecule has 1 saturated heterocycles. The Morgan fingerprint density at radius 2 is 2.00 bits per heavy atom. The quantitative estimate of drug-likeness (QED) is 0.184. The van der Waals surface area contributed by atoms with Crippen LogP contribution in [0.5, 0.6) is 5.75 Å². The molecule has 0 radical (unpaired) electrons. The lowest BCUT2D eigenvalue weighted by atomic mass is 10.0. The zero-order chi connectivity index (χ0) is 26.8. The molecule has 0 spiro atoms. The molecule has 11 heteroatoms. The molecule has 1 fully saturated rings. The maximum Gasteiger partial charge on any atom is 0.270 e. The van der Waals surface area contributed by atoms with Gasteiger partial charge in [-0.05, 0) is 54.7 Å². The van der Waals surface area contributed by atoms with Gasteiger partial charge >= 0.3 is 0 Å². The summed E-state index contributed by atoms with van der Waals surface area (Å²) in [6, 6.07) is 20.1. The third-order valence-corrected chi connectivity index (χ3v) is 6.44. The molecule has 3 heterocycles. The molecule has 2 atom stereocenters. The Morgan fingerprint density at radius 3 is 2.71 bits per heavy atom. The van der Waals surface area contributed by atoms with Gasteiger partial charge in [-0.2, -0.15) is 0 Å². The number of nitrogens with one attached hydrogen (secondary N) is 2. The molecule has 1 aliphatic rings. The Morgan fingerprint density at radius 1 is 1.16 bits per heavy atom. The standard InChI is InChI=1S/C27H23N5O5S/c1-16(33)29-21-15-18(9-10-23(21)36-2)31-26(25(30-27(31)38)20-8-3-4-13-28-20)24-12-11-22(37-24)17-6-5-7-19(14-17)32(34)35/h3-15,25-26H,1-2H3,(H,29,33)(H,30,38)/t25-,26+/m0/s1. The second kappa shape index (κ2) is 10.3. The number of furan rings is 1. The highest BCUT2D eigenvalue weighted by atomic mass is 32.1. The zero-order valence-corrected chi connectivity index (χ0v) is 21.3. The predicted octanol–water partition coefficient (Wildman–Crippen LogP) is 5.39. The van der Waals surface area contributed by atoms with Crippen LogP contribution in [0.1, 0.15) is 30.5 Å². The largest absolute Gasteiger partial charge is 0.495 e. The van der Waals surface area contributed by atoms with Crippen LogP contribution in [-0.2, 0) is 4.79 Å². The molecule has 0 bridgehead atoms. The van der Waals surface area contributed by atoms with Gasteiger partial charge in [0.25, 0.3) is 5.69 Å². The van der Waals surface area contributed by atoms with E-state index in [1.54, 1.807) is 36.5 Å². The smallest absolute Gasteiger partial charge is 0.270 e. The number of nitro groups is 1. The number of carbonyl (C=O) groups excluding carboxylic acids is 1. The number of non-ortho nitro benzene ring substituents is 1. The third kappa shape index (κ3) is 4.78. The van der Waals surface area contributed by atoms with Gasteiger partial charge in [0.2, 0.25) is 5.91 Å². The Kier molecular flexibility index (Phi) is 6.75. The van der Waals surface area contributed by atoms with Gasteiger partial charge in [0.1, 0.15) is 23.3 Å². The van der Waals surface area contributed by atoms with Crippen LogP contribution in [0, 0.1) is 10.1 Å². The summed E-state index contributed by atoms with van der Waals surface area (Å²) in [5.74, 6) is 1.32. The Balaban J connectivity index is 1.60. The van der Waals surface area contributed by atoms with Gasteiger partial charge in [-0.15, -0.1) is 0 Å². The molecule has 2 N–H and O–H groups in total. The Labute approximate surface area is 223 Å². The Hall–Kier alpha value is -4.77. The fourth-order valence-corrected chi connectivity index (χ4v) is 4.84. The SMILES string of the molecule is COc1ccc(N2C(=S)N[C@@H](c3ccccn3)[C@H]2c2ccc(-c3cccc([N+](=O)[O-])c3)o2)cc1NC(C)=O. The van der Waals surface area contributed by atoms with Crippen LogP contribution in [0.15, 0.2) is 83.4 Å². The van der Waals surface area contributed by atoms with E-state index in [2.05, 4.69) is 15.6 Å². The normalized spacial score (nSPS) is 16.7. The molecule has 2 aromatic carbocycles.